The van der Waals surface area contributed by atoms with Gasteiger partial charge in [-0.05, 0) is 30.3 Å². The number of nitrogen functional groups attached to an aromatic ring is 1. The summed E-state index contributed by atoms with van der Waals surface area (Å²) in [6, 6.07) is 17.5. The van der Waals surface area contributed by atoms with Crippen molar-refractivity contribution in [2.24, 2.45) is 0 Å². The molecule has 0 aliphatic rings. The topological polar surface area (TPSA) is 43.8 Å². The lowest BCUT2D eigenvalue weighted by molar-refractivity contribution is 0.880. The van der Waals surface area contributed by atoms with E-state index in [1.165, 1.54) is 0 Å². The molecule has 2 aromatic carbocycles. The summed E-state index contributed by atoms with van der Waals surface area (Å²) in [5.74, 6) is 6.17. The molecule has 0 bridgehead atoms. The first-order chi connectivity index (χ1) is 9.81. The van der Waals surface area contributed by atoms with Crippen LogP contribution in [0.2, 0.25) is 0 Å². The summed E-state index contributed by atoms with van der Waals surface area (Å²) >= 11 is 0. The van der Waals surface area contributed by atoms with Gasteiger partial charge < -0.3 is 5.73 Å². The van der Waals surface area contributed by atoms with Crippen molar-refractivity contribution in [1.29, 1.82) is 0 Å². The predicted molar refractivity (Wildman–Crippen MR) is 80.4 cm³/mol. The van der Waals surface area contributed by atoms with Gasteiger partial charge in [-0.3, -0.25) is 0 Å². The van der Waals surface area contributed by atoms with Gasteiger partial charge in [-0.2, -0.15) is 5.10 Å². The van der Waals surface area contributed by atoms with Crippen molar-refractivity contribution in [1.82, 2.24) is 9.78 Å². The minimum atomic E-state index is 0.719. The van der Waals surface area contributed by atoms with Crippen molar-refractivity contribution in [3.63, 3.8) is 0 Å². The third-order valence-electron chi connectivity index (χ3n) is 2.84. The number of rotatable bonds is 1. The molecule has 0 spiro atoms. The fraction of sp³-hybridized carbons (Fsp3) is 0. The van der Waals surface area contributed by atoms with Gasteiger partial charge in [-0.15, -0.1) is 0 Å². The summed E-state index contributed by atoms with van der Waals surface area (Å²) in [6.07, 6.45) is 3.67. The fourth-order valence-corrected chi connectivity index (χ4v) is 1.87. The van der Waals surface area contributed by atoms with Gasteiger partial charge in [0.25, 0.3) is 0 Å². The van der Waals surface area contributed by atoms with Gasteiger partial charge in [0.2, 0.25) is 0 Å². The number of benzene rings is 2. The van der Waals surface area contributed by atoms with E-state index < -0.39 is 0 Å². The highest BCUT2D eigenvalue weighted by atomic mass is 15.3. The van der Waals surface area contributed by atoms with Crippen LogP contribution in [0, 0.1) is 11.8 Å². The van der Waals surface area contributed by atoms with Crippen molar-refractivity contribution in [3.8, 4) is 17.5 Å². The Morgan fingerprint density at radius 1 is 0.900 bits per heavy atom. The first-order valence-corrected chi connectivity index (χ1v) is 6.29. The molecular formula is C17H13N3. The average Bonchev–Trinajstić information content (AvgIpc) is 2.95. The number of hydrogen-bond acceptors (Lipinski definition) is 2. The highest BCUT2D eigenvalue weighted by Gasteiger charge is 1.97. The molecule has 0 unspecified atom stereocenters. The van der Waals surface area contributed by atoms with Gasteiger partial charge in [-0.1, -0.05) is 36.1 Å². The van der Waals surface area contributed by atoms with Crippen molar-refractivity contribution >= 4 is 5.69 Å². The maximum Gasteiger partial charge on any atom is 0.0651 e. The third kappa shape index (κ3) is 2.70. The number of nitrogens with zero attached hydrogens (tertiary/aromatic N) is 2. The summed E-state index contributed by atoms with van der Waals surface area (Å²) in [5.41, 5.74) is 9.23. The Morgan fingerprint density at radius 3 is 2.50 bits per heavy atom. The van der Waals surface area contributed by atoms with Crippen LogP contribution in [0.5, 0.6) is 0 Å². The molecule has 0 atom stereocenters. The molecule has 3 rings (SSSR count). The second-order valence-corrected chi connectivity index (χ2v) is 4.38. The molecule has 0 amide bonds. The third-order valence-corrected chi connectivity index (χ3v) is 2.84. The van der Waals surface area contributed by atoms with Gasteiger partial charge in [0.05, 0.1) is 17.4 Å². The lowest BCUT2D eigenvalue weighted by Crippen LogP contribution is -1.92. The fourth-order valence-electron chi connectivity index (χ4n) is 1.87. The van der Waals surface area contributed by atoms with Crippen LogP contribution in [0.15, 0.2) is 67.0 Å². The largest absolute Gasteiger partial charge is 0.399 e. The number of hydrogen-bond donors (Lipinski definition) is 1. The van der Waals surface area contributed by atoms with Crippen LogP contribution < -0.4 is 5.73 Å². The smallest absolute Gasteiger partial charge is 0.0651 e. The van der Waals surface area contributed by atoms with E-state index in [0.717, 1.165) is 22.5 Å². The van der Waals surface area contributed by atoms with Gasteiger partial charge >= 0.3 is 0 Å². The second-order valence-electron chi connectivity index (χ2n) is 4.38. The van der Waals surface area contributed by atoms with E-state index >= 15 is 0 Å². The predicted octanol–water partition coefficient (Wildman–Crippen LogP) is 2.85. The summed E-state index contributed by atoms with van der Waals surface area (Å²) in [6.45, 7) is 0. The Kier molecular flexibility index (Phi) is 3.22. The first kappa shape index (κ1) is 12.1. The van der Waals surface area contributed by atoms with Crippen LogP contribution in [-0.2, 0) is 0 Å². The molecule has 3 nitrogen and oxygen atoms in total. The zero-order valence-electron chi connectivity index (χ0n) is 10.8. The maximum atomic E-state index is 5.72. The van der Waals surface area contributed by atoms with Crippen molar-refractivity contribution in [3.05, 3.63) is 78.1 Å². The summed E-state index contributed by atoms with van der Waals surface area (Å²) in [5, 5.41) is 4.31. The summed E-state index contributed by atoms with van der Waals surface area (Å²) in [7, 11) is 0. The van der Waals surface area contributed by atoms with Crippen LogP contribution in [0.3, 0.4) is 0 Å². The zero-order chi connectivity index (χ0) is 13.8. The van der Waals surface area contributed by atoms with Crippen LogP contribution >= 0.6 is 0 Å². The van der Waals surface area contributed by atoms with E-state index in [2.05, 4.69) is 16.9 Å². The maximum absolute atomic E-state index is 5.72. The molecule has 0 radical (unpaired) electrons. The Morgan fingerprint density at radius 2 is 1.70 bits per heavy atom. The quantitative estimate of drug-likeness (QED) is 0.539. The molecule has 20 heavy (non-hydrogen) atoms. The molecule has 1 heterocycles. The van der Waals surface area contributed by atoms with Crippen LogP contribution in [0.4, 0.5) is 5.69 Å². The molecule has 2 N–H and O–H groups in total. The highest BCUT2D eigenvalue weighted by Crippen LogP contribution is 2.08. The molecule has 0 fully saturated rings. The van der Waals surface area contributed by atoms with E-state index in [4.69, 9.17) is 5.73 Å². The second kappa shape index (κ2) is 5.33. The highest BCUT2D eigenvalue weighted by molar-refractivity contribution is 5.49. The molecule has 96 valence electrons. The number of nitrogens with two attached hydrogens (primary N) is 1. The molecular weight excluding hydrogens is 246 g/mol. The molecule has 0 saturated carbocycles. The number of anilines is 1. The Bertz CT molecular complexity index is 776. The van der Waals surface area contributed by atoms with Crippen molar-refractivity contribution in [2.75, 3.05) is 5.73 Å². The Hall–Kier alpha value is -2.99. The monoisotopic (exact) mass is 259 g/mol. The average molecular weight is 259 g/mol. The molecule has 0 aliphatic carbocycles. The molecule has 1 aromatic heterocycles. The van der Waals surface area contributed by atoms with Crippen molar-refractivity contribution in [2.45, 2.75) is 0 Å². The zero-order valence-corrected chi connectivity index (χ0v) is 10.8. The molecule has 0 aliphatic heterocycles. The molecule has 3 aromatic rings. The minimum Gasteiger partial charge on any atom is -0.399 e. The van der Waals surface area contributed by atoms with E-state index in [-0.39, 0.29) is 0 Å². The van der Waals surface area contributed by atoms with E-state index in [9.17, 15) is 0 Å². The summed E-state index contributed by atoms with van der Waals surface area (Å²) < 4.78 is 1.81. The van der Waals surface area contributed by atoms with Gasteiger partial charge in [0, 0.05) is 17.4 Å². The number of para-hydroxylation sites is 1. The van der Waals surface area contributed by atoms with Gasteiger partial charge in [0.1, 0.15) is 0 Å². The van der Waals surface area contributed by atoms with Crippen molar-refractivity contribution < 1.29 is 0 Å². The van der Waals surface area contributed by atoms with Crippen LogP contribution in [0.25, 0.3) is 5.69 Å². The van der Waals surface area contributed by atoms with Gasteiger partial charge in [-0.25, -0.2) is 4.68 Å². The Labute approximate surface area is 117 Å². The van der Waals surface area contributed by atoms with Crippen LogP contribution in [0.1, 0.15) is 11.1 Å². The van der Waals surface area contributed by atoms with E-state index in [0.29, 0.717) is 0 Å². The lowest BCUT2D eigenvalue weighted by Gasteiger charge is -1.98. The number of aromatic nitrogens is 2. The molecule has 3 heteroatoms. The normalized spacial score (nSPS) is 9.80. The standard InChI is InChI=1S/C17H13N3/c18-16-6-4-5-14(11-16)9-10-15-12-19-20(13-15)17-7-2-1-3-8-17/h1-8,11-13H,18H2. The first-order valence-electron chi connectivity index (χ1n) is 6.29. The van der Waals surface area contributed by atoms with E-state index in [1.54, 1.807) is 6.20 Å². The Balaban J connectivity index is 1.85. The van der Waals surface area contributed by atoms with Gasteiger partial charge in [0.15, 0.2) is 0 Å². The van der Waals surface area contributed by atoms with Crippen LogP contribution in [-0.4, -0.2) is 9.78 Å². The SMILES string of the molecule is Nc1cccc(C#Cc2cnn(-c3ccccc3)c2)c1. The van der Waals surface area contributed by atoms with E-state index in [1.807, 2.05) is 65.5 Å². The summed E-state index contributed by atoms with van der Waals surface area (Å²) in [4.78, 5) is 0. The minimum absolute atomic E-state index is 0.719. The lowest BCUT2D eigenvalue weighted by atomic mass is 10.2. The molecule has 0 saturated heterocycles.